The van der Waals surface area contributed by atoms with Gasteiger partial charge in [-0.05, 0) is 61.9 Å². The number of nitriles is 1. The van der Waals surface area contributed by atoms with E-state index in [1.54, 1.807) is 36.4 Å². The van der Waals surface area contributed by atoms with Crippen LogP contribution in [0.1, 0.15) is 45.3 Å². The van der Waals surface area contributed by atoms with Crippen LogP contribution in [0.15, 0.2) is 53.4 Å². The summed E-state index contributed by atoms with van der Waals surface area (Å²) >= 11 is 1.44. The van der Waals surface area contributed by atoms with Crippen LogP contribution < -0.4 is 10.0 Å². The van der Waals surface area contributed by atoms with Crippen LogP contribution >= 0.6 is 11.3 Å². The Morgan fingerprint density at radius 3 is 2.59 bits per heavy atom. The highest BCUT2D eigenvalue weighted by atomic mass is 32.2. The first-order valence-electron chi connectivity index (χ1n) is 10.3. The van der Waals surface area contributed by atoms with Gasteiger partial charge < -0.3 is 5.32 Å². The van der Waals surface area contributed by atoms with Crippen molar-refractivity contribution in [1.82, 2.24) is 0 Å². The van der Waals surface area contributed by atoms with Gasteiger partial charge in [0.25, 0.3) is 15.9 Å². The number of thiophene rings is 1. The Morgan fingerprint density at radius 1 is 1.16 bits per heavy atom. The van der Waals surface area contributed by atoms with Gasteiger partial charge in [-0.1, -0.05) is 36.8 Å². The van der Waals surface area contributed by atoms with Crippen LogP contribution in [0.25, 0.3) is 0 Å². The van der Waals surface area contributed by atoms with Crippen molar-refractivity contribution in [2.24, 2.45) is 5.92 Å². The average Bonchev–Trinajstić information content (AvgIpc) is 3.10. The molecule has 1 aliphatic rings. The largest absolute Gasteiger partial charge is 0.312 e. The Hall–Kier alpha value is -3.15. The fourth-order valence-electron chi connectivity index (χ4n) is 3.83. The second kappa shape index (κ2) is 8.77. The van der Waals surface area contributed by atoms with E-state index in [1.165, 1.54) is 23.5 Å². The maximum absolute atomic E-state index is 13.1. The maximum atomic E-state index is 13.1. The first kappa shape index (κ1) is 22.1. The zero-order valence-corrected chi connectivity index (χ0v) is 19.4. The van der Waals surface area contributed by atoms with Crippen molar-refractivity contribution in [2.75, 3.05) is 10.0 Å². The molecule has 6 nitrogen and oxygen atoms in total. The summed E-state index contributed by atoms with van der Waals surface area (Å²) in [7, 11) is -3.86. The highest BCUT2D eigenvalue weighted by Gasteiger charge is 2.26. The number of nitrogens with zero attached hydrogens (tertiary/aromatic N) is 1. The van der Waals surface area contributed by atoms with Crippen LogP contribution in [0.3, 0.4) is 0 Å². The van der Waals surface area contributed by atoms with Gasteiger partial charge in [-0.15, -0.1) is 11.3 Å². The molecule has 8 heteroatoms. The Kier molecular flexibility index (Phi) is 6.04. The third kappa shape index (κ3) is 4.40. The molecule has 0 fully saturated rings. The number of amides is 1. The normalized spacial score (nSPS) is 15.5. The number of hydrogen-bond acceptors (Lipinski definition) is 5. The van der Waals surface area contributed by atoms with Crippen LogP contribution in [0.5, 0.6) is 0 Å². The molecule has 1 aliphatic carbocycles. The molecule has 0 bridgehead atoms. The zero-order valence-electron chi connectivity index (χ0n) is 17.8. The van der Waals surface area contributed by atoms with Crippen molar-refractivity contribution < 1.29 is 13.2 Å². The third-order valence-electron chi connectivity index (χ3n) is 5.59. The smallest absolute Gasteiger partial charge is 0.261 e. The van der Waals surface area contributed by atoms with E-state index in [-0.39, 0.29) is 16.1 Å². The van der Waals surface area contributed by atoms with Crippen LogP contribution in [-0.4, -0.2) is 14.3 Å². The molecule has 32 heavy (non-hydrogen) atoms. The number of para-hydroxylation sites is 1. The molecular weight excluding hydrogens is 442 g/mol. The lowest BCUT2D eigenvalue weighted by atomic mass is 9.88. The van der Waals surface area contributed by atoms with Gasteiger partial charge in [-0.25, -0.2) is 8.42 Å². The molecule has 1 heterocycles. The highest BCUT2D eigenvalue weighted by Crippen LogP contribution is 2.39. The quantitative estimate of drug-likeness (QED) is 0.547. The van der Waals surface area contributed by atoms with E-state index >= 15 is 0 Å². The fourth-order valence-corrected chi connectivity index (χ4v) is 6.10. The Bertz CT molecular complexity index is 1320. The second-order valence-corrected chi connectivity index (χ2v) is 10.9. The molecule has 0 aliphatic heterocycles. The summed E-state index contributed by atoms with van der Waals surface area (Å²) in [5, 5.41) is 13.1. The van der Waals surface area contributed by atoms with Gasteiger partial charge in [0.1, 0.15) is 11.1 Å². The summed E-state index contributed by atoms with van der Waals surface area (Å²) in [6.45, 7) is 4.04. The van der Waals surface area contributed by atoms with E-state index in [4.69, 9.17) is 0 Å². The van der Waals surface area contributed by atoms with Gasteiger partial charge in [-0.3, -0.25) is 9.52 Å². The summed E-state index contributed by atoms with van der Waals surface area (Å²) in [5.41, 5.74) is 2.86. The zero-order chi connectivity index (χ0) is 22.9. The molecule has 0 saturated heterocycles. The van der Waals surface area contributed by atoms with E-state index in [9.17, 15) is 18.5 Å². The molecule has 4 rings (SSSR count). The topological polar surface area (TPSA) is 99.1 Å². The van der Waals surface area contributed by atoms with E-state index in [0.717, 1.165) is 35.3 Å². The molecule has 0 saturated carbocycles. The van der Waals surface area contributed by atoms with E-state index < -0.39 is 15.9 Å². The molecular formula is C24H23N3O3S2. The van der Waals surface area contributed by atoms with Gasteiger partial charge in [0.05, 0.1) is 21.7 Å². The molecule has 0 radical (unpaired) electrons. The van der Waals surface area contributed by atoms with Crippen LogP contribution in [-0.2, 0) is 22.9 Å². The molecule has 164 valence electrons. The molecule has 1 aromatic heterocycles. The lowest BCUT2D eigenvalue weighted by Crippen LogP contribution is -2.18. The van der Waals surface area contributed by atoms with Gasteiger partial charge in [0, 0.05) is 4.88 Å². The number of carbonyl (C=O) groups is 1. The van der Waals surface area contributed by atoms with Crippen LogP contribution in [0.4, 0.5) is 10.7 Å². The minimum absolute atomic E-state index is 0.116. The van der Waals surface area contributed by atoms with Crippen molar-refractivity contribution >= 4 is 38.0 Å². The first-order chi connectivity index (χ1) is 15.3. The van der Waals surface area contributed by atoms with Crippen LogP contribution in [0, 0.1) is 24.2 Å². The van der Waals surface area contributed by atoms with E-state index in [1.807, 2.05) is 6.92 Å². The third-order valence-corrected chi connectivity index (χ3v) is 8.18. The number of anilines is 2. The molecule has 2 N–H and O–H groups in total. The Morgan fingerprint density at radius 2 is 1.88 bits per heavy atom. The van der Waals surface area contributed by atoms with Gasteiger partial charge in [0.15, 0.2) is 0 Å². The number of hydrogen-bond donors (Lipinski definition) is 2. The van der Waals surface area contributed by atoms with Crippen molar-refractivity contribution in [2.45, 2.75) is 38.0 Å². The van der Waals surface area contributed by atoms with Crippen molar-refractivity contribution in [3.05, 3.63) is 75.7 Å². The van der Waals surface area contributed by atoms with Gasteiger partial charge in [-0.2, -0.15) is 5.26 Å². The predicted octanol–water partition coefficient (Wildman–Crippen LogP) is 5.11. The van der Waals surface area contributed by atoms with Crippen molar-refractivity contribution in [3.8, 4) is 6.07 Å². The number of carbonyl (C=O) groups excluding carboxylic acids is 1. The standard InChI is InChI=1S/C24H23N3O3S2/c1-15-7-10-17(11-8-15)32(29,30)27-21-6-4-3-5-18(21)23(28)26-24-20(14-25)19-13-16(2)9-12-22(19)31-24/h3-8,10-11,16,27H,9,12-13H2,1-2H3,(H,26,28)/t16-/m0/s1. The number of aryl methyl sites for hydroxylation is 2. The highest BCUT2D eigenvalue weighted by molar-refractivity contribution is 7.92. The molecule has 0 spiro atoms. The fraction of sp³-hybridized carbons (Fsp3) is 0.250. The first-order valence-corrected chi connectivity index (χ1v) is 12.6. The molecule has 1 atom stereocenters. The molecule has 3 aromatic rings. The number of nitrogens with one attached hydrogen (secondary N) is 2. The monoisotopic (exact) mass is 465 g/mol. The Balaban J connectivity index is 1.62. The van der Waals surface area contributed by atoms with Crippen molar-refractivity contribution in [1.29, 1.82) is 5.26 Å². The second-order valence-electron chi connectivity index (χ2n) is 8.09. The summed E-state index contributed by atoms with van der Waals surface area (Å²) < 4.78 is 28.2. The summed E-state index contributed by atoms with van der Waals surface area (Å²) in [6, 6.07) is 15.2. The molecule has 0 unspecified atom stereocenters. The predicted molar refractivity (Wildman–Crippen MR) is 127 cm³/mol. The average molecular weight is 466 g/mol. The molecule has 2 aromatic carbocycles. The van der Waals surface area contributed by atoms with Crippen LogP contribution in [0.2, 0.25) is 0 Å². The summed E-state index contributed by atoms with van der Waals surface area (Å²) in [5.74, 6) is 0.0417. The molecule has 1 amide bonds. The number of rotatable bonds is 5. The number of benzene rings is 2. The van der Waals surface area contributed by atoms with E-state index in [0.29, 0.717) is 16.5 Å². The lowest BCUT2D eigenvalue weighted by Gasteiger charge is -2.17. The summed E-state index contributed by atoms with van der Waals surface area (Å²) in [4.78, 5) is 14.4. The number of sulfonamides is 1. The number of fused-ring (bicyclic) bond motifs is 1. The minimum Gasteiger partial charge on any atom is -0.312 e. The lowest BCUT2D eigenvalue weighted by molar-refractivity contribution is 0.102. The SMILES string of the molecule is Cc1ccc(S(=O)(=O)Nc2ccccc2C(=O)Nc2sc3c(c2C#N)C[C@@H](C)CC3)cc1. The van der Waals surface area contributed by atoms with Gasteiger partial charge >= 0.3 is 0 Å². The van der Waals surface area contributed by atoms with Crippen molar-refractivity contribution in [3.63, 3.8) is 0 Å². The Labute approximate surface area is 192 Å². The minimum atomic E-state index is -3.86. The maximum Gasteiger partial charge on any atom is 0.261 e. The summed E-state index contributed by atoms with van der Waals surface area (Å²) in [6.07, 6.45) is 2.80. The van der Waals surface area contributed by atoms with Gasteiger partial charge in [0.2, 0.25) is 0 Å². The van der Waals surface area contributed by atoms with E-state index in [2.05, 4.69) is 23.0 Å².